The average Bonchev–Trinajstić information content (AvgIpc) is 2.30. The predicted octanol–water partition coefficient (Wildman–Crippen LogP) is 2.91. The van der Waals surface area contributed by atoms with Crippen LogP contribution in [0.5, 0.6) is 0 Å². The van der Waals surface area contributed by atoms with Crippen molar-refractivity contribution in [1.29, 1.82) is 0 Å². The molecule has 0 N–H and O–H groups in total. The number of anilines is 1. The summed E-state index contributed by atoms with van der Waals surface area (Å²) < 4.78 is 0. The molecular formula is C11H15Cl3N2O. The molecule has 1 aliphatic rings. The van der Waals surface area contributed by atoms with E-state index in [4.69, 9.17) is 11.6 Å². The van der Waals surface area contributed by atoms with E-state index in [1.165, 1.54) is 5.69 Å². The molecule has 0 atom stereocenters. The molecule has 0 aromatic carbocycles. The number of rotatable bonds is 2. The average molecular weight is 298 g/mol. The maximum Gasteiger partial charge on any atom is 0.224 e. The monoisotopic (exact) mass is 296 g/mol. The van der Waals surface area contributed by atoms with Gasteiger partial charge in [-0.05, 0) is 36.6 Å². The maximum absolute atomic E-state index is 11.0. The molecule has 1 aliphatic heterocycles. The smallest absolute Gasteiger partial charge is 0.224 e. The number of hydrogen-bond donors (Lipinski definition) is 0. The molecule has 2 heterocycles. The Balaban J connectivity index is 0.00000128. The Kier molecular flexibility index (Phi) is 7.51. The van der Waals surface area contributed by atoms with Crippen LogP contribution in [0.2, 0.25) is 0 Å². The van der Waals surface area contributed by atoms with Crippen LogP contribution in [0.25, 0.3) is 0 Å². The third kappa shape index (κ3) is 4.34. The van der Waals surface area contributed by atoms with E-state index in [1.807, 2.05) is 12.1 Å². The highest BCUT2D eigenvalue weighted by Gasteiger charge is 2.23. The molecular weight excluding hydrogens is 282 g/mol. The molecule has 0 amide bonds. The van der Waals surface area contributed by atoms with E-state index in [0.29, 0.717) is 0 Å². The van der Waals surface area contributed by atoms with Gasteiger partial charge in [-0.3, -0.25) is 9.78 Å². The Labute approximate surface area is 118 Å². The molecule has 1 aromatic heterocycles. The van der Waals surface area contributed by atoms with Gasteiger partial charge in [0, 0.05) is 37.1 Å². The van der Waals surface area contributed by atoms with Crippen molar-refractivity contribution in [2.75, 3.05) is 18.0 Å². The minimum atomic E-state index is -0.190. The van der Waals surface area contributed by atoms with Gasteiger partial charge in [-0.15, -0.1) is 24.8 Å². The number of pyridine rings is 1. The Morgan fingerprint density at radius 2 is 1.76 bits per heavy atom. The van der Waals surface area contributed by atoms with Gasteiger partial charge in [0.1, 0.15) is 0 Å². The summed E-state index contributed by atoms with van der Waals surface area (Å²) in [4.78, 5) is 17.2. The van der Waals surface area contributed by atoms with E-state index in [0.717, 1.165) is 25.9 Å². The van der Waals surface area contributed by atoms with Crippen LogP contribution in [0, 0.1) is 5.92 Å². The molecule has 0 spiro atoms. The van der Waals surface area contributed by atoms with Crippen molar-refractivity contribution in [2.45, 2.75) is 12.8 Å². The zero-order valence-electron chi connectivity index (χ0n) is 9.21. The summed E-state index contributed by atoms with van der Waals surface area (Å²) in [6.07, 6.45) is 5.28. The van der Waals surface area contributed by atoms with Crippen molar-refractivity contribution in [3.05, 3.63) is 24.5 Å². The number of halogens is 3. The summed E-state index contributed by atoms with van der Waals surface area (Å²) in [5.74, 6) is 0.0461. The molecule has 0 saturated carbocycles. The van der Waals surface area contributed by atoms with E-state index < -0.39 is 0 Å². The highest BCUT2D eigenvalue weighted by atomic mass is 35.5. The van der Waals surface area contributed by atoms with Gasteiger partial charge < -0.3 is 4.90 Å². The third-order valence-corrected chi connectivity index (χ3v) is 3.15. The van der Waals surface area contributed by atoms with Crippen LogP contribution in [0.3, 0.4) is 0 Å². The van der Waals surface area contributed by atoms with Gasteiger partial charge >= 0.3 is 0 Å². The van der Waals surface area contributed by atoms with Crippen molar-refractivity contribution < 1.29 is 4.79 Å². The summed E-state index contributed by atoms with van der Waals surface area (Å²) in [5.41, 5.74) is 1.17. The van der Waals surface area contributed by atoms with Crippen LogP contribution in [-0.2, 0) is 4.79 Å². The lowest BCUT2D eigenvalue weighted by Crippen LogP contribution is -2.35. The number of aromatic nitrogens is 1. The Bertz CT molecular complexity index is 340. The van der Waals surface area contributed by atoms with Crippen molar-refractivity contribution in [1.82, 2.24) is 4.98 Å². The van der Waals surface area contributed by atoms with Crippen LogP contribution in [-0.4, -0.2) is 23.3 Å². The topological polar surface area (TPSA) is 33.2 Å². The van der Waals surface area contributed by atoms with Gasteiger partial charge in [0.05, 0.1) is 0 Å². The fraction of sp³-hybridized carbons (Fsp3) is 0.455. The normalized spacial score (nSPS) is 15.7. The zero-order chi connectivity index (χ0) is 10.7. The van der Waals surface area contributed by atoms with Crippen LogP contribution in [0.15, 0.2) is 24.5 Å². The molecule has 1 saturated heterocycles. The van der Waals surface area contributed by atoms with E-state index in [2.05, 4.69) is 9.88 Å². The summed E-state index contributed by atoms with van der Waals surface area (Å²) >= 11 is 5.48. The summed E-state index contributed by atoms with van der Waals surface area (Å²) in [7, 11) is 0. The molecule has 1 fully saturated rings. The molecule has 0 bridgehead atoms. The highest BCUT2D eigenvalue weighted by Crippen LogP contribution is 2.23. The fourth-order valence-electron chi connectivity index (χ4n) is 1.92. The van der Waals surface area contributed by atoms with Crippen molar-refractivity contribution >= 4 is 47.3 Å². The first kappa shape index (κ1) is 16.5. The van der Waals surface area contributed by atoms with Crippen LogP contribution < -0.4 is 4.90 Å². The number of piperidine rings is 1. The Morgan fingerprint density at radius 3 is 2.24 bits per heavy atom. The van der Waals surface area contributed by atoms with Crippen molar-refractivity contribution in [3.8, 4) is 0 Å². The van der Waals surface area contributed by atoms with Gasteiger partial charge in [0.15, 0.2) is 0 Å². The minimum Gasteiger partial charge on any atom is -0.371 e. The summed E-state index contributed by atoms with van der Waals surface area (Å²) in [5, 5.41) is -0.190. The lowest BCUT2D eigenvalue weighted by atomic mass is 9.98. The first-order valence-corrected chi connectivity index (χ1v) is 5.49. The molecule has 0 radical (unpaired) electrons. The van der Waals surface area contributed by atoms with Crippen LogP contribution in [0.4, 0.5) is 5.69 Å². The first-order valence-electron chi connectivity index (χ1n) is 5.11. The van der Waals surface area contributed by atoms with Crippen LogP contribution in [0.1, 0.15) is 12.8 Å². The first-order chi connectivity index (χ1) is 7.27. The molecule has 17 heavy (non-hydrogen) atoms. The maximum atomic E-state index is 11.0. The van der Waals surface area contributed by atoms with E-state index in [9.17, 15) is 4.79 Å². The Morgan fingerprint density at radius 1 is 1.24 bits per heavy atom. The van der Waals surface area contributed by atoms with Gasteiger partial charge in [-0.2, -0.15) is 0 Å². The summed E-state index contributed by atoms with van der Waals surface area (Å²) in [6, 6.07) is 3.98. The second-order valence-corrected chi connectivity index (χ2v) is 4.14. The SMILES string of the molecule is Cl.Cl.O=C(Cl)C1CCN(c2ccncc2)CC1. The largest absolute Gasteiger partial charge is 0.371 e. The van der Waals surface area contributed by atoms with E-state index >= 15 is 0 Å². The lowest BCUT2D eigenvalue weighted by molar-refractivity contribution is -0.115. The zero-order valence-corrected chi connectivity index (χ0v) is 11.6. The third-order valence-electron chi connectivity index (χ3n) is 2.84. The predicted molar refractivity (Wildman–Crippen MR) is 74.5 cm³/mol. The second kappa shape index (κ2) is 7.75. The number of carbonyl (C=O) groups is 1. The van der Waals surface area contributed by atoms with E-state index in [1.54, 1.807) is 12.4 Å². The Hall–Kier alpha value is -0.510. The number of carbonyl (C=O) groups excluding carboxylic acids is 1. The van der Waals surface area contributed by atoms with Gasteiger partial charge in [0.25, 0.3) is 0 Å². The molecule has 3 nitrogen and oxygen atoms in total. The number of hydrogen-bond acceptors (Lipinski definition) is 3. The molecule has 6 heteroatoms. The van der Waals surface area contributed by atoms with E-state index in [-0.39, 0.29) is 36.0 Å². The second-order valence-electron chi connectivity index (χ2n) is 3.77. The van der Waals surface area contributed by atoms with Gasteiger partial charge in [0.2, 0.25) is 5.24 Å². The standard InChI is InChI=1S/C11H13ClN2O.2ClH/c12-11(15)9-3-7-14(8-4-9)10-1-5-13-6-2-10;;/h1-2,5-6,9H,3-4,7-8H2;2*1H. The highest BCUT2D eigenvalue weighted by molar-refractivity contribution is 6.64. The number of nitrogens with zero attached hydrogens (tertiary/aromatic N) is 2. The fourth-order valence-corrected chi connectivity index (χ4v) is 2.14. The van der Waals surface area contributed by atoms with Gasteiger partial charge in [-0.1, -0.05) is 0 Å². The molecule has 0 unspecified atom stereocenters. The summed E-state index contributed by atoms with van der Waals surface area (Å²) in [6.45, 7) is 1.79. The molecule has 1 aromatic rings. The van der Waals surface area contributed by atoms with Crippen LogP contribution >= 0.6 is 36.4 Å². The molecule has 96 valence electrons. The van der Waals surface area contributed by atoms with Crippen molar-refractivity contribution in [3.63, 3.8) is 0 Å². The molecule has 2 rings (SSSR count). The quantitative estimate of drug-likeness (QED) is 0.787. The minimum absolute atomic E-state index is 0. The van der Waals surface area contributed by atoms with Crippen molar-refractivity contribution in [2.24, 2.45) is 5.92 Å². The lowest BCUT2D eigenvalue weighted by Gasteiger charge is -2.31. The molecule has 0 aliphatic carbocycles. The van der Waals surface area contributed by atoms with Gasteiger partial charge in [-0.25, -0.2) is 0 Å².